The average Bonchev–Trinajstić information content (AvgIpc) is 2.36. The lowest BCUT2D eigenvalue weighted by atomic mass is 10.2. The van der Waals surface area contributed by atoms with Crippen molar-refractivity contribution in [3.63, 3.8) is 0 Å². The number of aliphatic hydroxyl groups excluding tert-OH is 1. The van der Waals surface area contributed by atoms with Gasteiger partial charge in [0, 0.05) is 24.8 Å². The Kier molecular flexibility index (Phi) is 6.59. The smallest absolute Gasteiger partial charge is 0.223 e. The molecule has 0 bridgehead atoms. The number of hydrogen-bond donors (Lipinski definition) is 2. The van der Waals surface area contributed by atoms with Crippen molar-refractivity contribution in [3.8, 4) is 5.75 Å². The molecule has 1 aromatic heterocycles. The molecule has 0 amide bonds. The molecule has 1 rings (SSSR count). The molecule has 5 nitrogen and oxygen atoms in total. The SMILES string of the molecule is CCCN(CCC)Cc1cc(=O)c(O)cn1CCO. The molecule has 0 aliphatic carbocycles. The Hall–Kier alpha value is -1.33. The highest BCUT2D eigenvalue weighted by Gasteiger charge is 2.10. The molecule has 0 atom stereocenters. The van der Waals surface area contributed by atoms with Crippen LogP contribution in [0.1, 0.15) is 32.4 Å². The number of aromatic nitrogens is 1. The van der Waals surface area contributed by atoms with Gasteiger partial charge in [0.25, 0.3) is 0 Å². The van der Waals surface area contributed by atoms with E-state index in [4.69, 9.17) is 5.11 Å². The van der Waals surface area contributed by atoms with Gasteiger partial charge in [-0.25, -0.2) is 0 Å². The van der Waals surface area contributed by atoms with E-state index in [1.807, 2.05) is 0 Å². The fourth-order valence-corrected chi connectivity index (χ4v) is 2.19. The molecular formula is C14H24N2O3. The van der Waals surface area contributed by atoms with Crippen molar-refractivity contribution >= 4 is 0 Å². The zero-order valence-corrected chi connectivity index (χ0v) is 11.8. The quantitative estimate of drug-likeness (QED) is 0.743. The van der Waals surface area contributed by atoms with Gasteiger partial charge in [-0.05, 0) is 25.9 Å². The van der Waals surface area contributed by atoms with E-state index in [0.29, 0.717) is 13.1 Å². The minimum absolute atomic E-state index is 0.0170. The number of aliphatic hydroxyl groups is 1. The fraction of sp³-hybridized carbons (Fsp3) is 0.643. The van der Waals surface area contributed by atoms with Crippen molar-refractivity contribution < 1.29 is 10.2 Å². The third-order valence-corrected chi connectivity index (χ3v) is 3.00. The lowest BCUT2D eigenvalue weighted by Crippen LogP contribution is -2.28. The van der Waals surface area contributed by atoms with E-state index in [1.54, 1.807) is 4.57 Å². The predicted molar refractivity (Wildman–Crippen MR) is 75.3 cm³/mol. The van der Waals surface area contributed by atoms with Crippen molar-refractivity contribution in [2.24, 2.45) is 0 Å². The van der Waals surface area contributed by atoms with Crippen LogP contribution in [0.15, 0.2) is 17.1 Å². The summed E-state index contributed by atoms with van der Waals surface area (Å²) in [6, 6.07) is 1.46. The van der Waals surface area contributed by atoms with E-state index < -0.39 is 0 Å². The first-order valence-corrected chi connectivity index (χ1v) is 6.87. The Balaban J connectivity index is 2.96. The maximum Gasteiger partial charge on any atom is 0.223 e. The molecule has 0 radical (unpaired) electrons. The highest BCUT2D eigenvalue weighted by molar-refractivity contribution is 5.20. The summed E-state index contributed by atoms with van der Waals surface area (Å²) in [6.45, 7) is 7.23. The number of nitrogens with zero attached hydrogens (tertiary/aromatic N) is 2. The molecule has 0 aliphatic heterocycles. The summed E-state index contributed by atoms with van der Waals surface area (Å²) in [5.74, 6) is -0.269. The monoisotopic (exact) mass is 268 g/mol. The van der Waals surface area contributed by atoms with E-state index in [-0.39, 0.29) is 17.8 Å². The number of pyridine rings is 1. The van der Waals surface area contributed by atoms with Crippen LogP contribution in [-0.4, -0.2) is 39.4 Å². The van der Waals surface area contributed by atoms with Crippen LogP contribution >= 0.6 is 0 Å². The van der Waals surface area contributed by atoms with Gasteiger partial charge in [-0.3, -0.25) is 9.69 Å². The van der Waals surface area contributed by atoms with Gasteiger partial charge in [-0.15, -0.1) is 0 Å². The van der Waals surface area contributed by atoms with E-state index in [0.717, 1.165) is 31.6 Å². The molecule has 2 N–H and O–H groups in total. The third kappa shape index (κ3) is 4.69. The average molecular weight is 268 g/mol. The minimum atomic E-state index is -0.364. The highest BCUT2D eigenvalue weighted by Crippen LogP contribution is 2.09. The third-order valence-electron chi connectivity index (χ3n) is 3.00. The van der Waals surface area contributed by atoms with Gasteiger partial charge in [-0.1, -0.05) is 13.8 Å². The Morgan fingerprint density at radius 3 is 2.42 bits per heavy atom. The maximum atomic E-state index is 11.5. The standard InChI is InChI=1S/C14H24N2O3/c1-3-5-15(6-4-2)10-12-9-13(18)14(19)11-16(12)7-8-17/h9,11,17,19H,3-8,10H2,1-2H3. The molecule has 0 aromatic carbocycles. The Labute approximate surface area is 114 Å². The van der Waals surface area contributed by atoms with Crippen molar-refractivity contribution in [1.82, 2.24) is 9.47 Å². The van der Waals surface area contributed by atoms with Gasteiger partial charge >= 0.3 is 0 Å². The minimum Gasteiger partial charge on any atom is -0.503 e. The first-order valence-electron chi connectivity index (χ1n) is 6.87. The fourth-order valence-electron chi connectivity index (χ4n) is 2.19. The normalized spacial score (nSPS) is 11.2. The zero-order chi connectivity index (χ0) is 14.3. The maximum absolute atomic E-state index is 11.5. The lowest BCUT2D eigenvalue weighted by Gasteiger charge is -2.23. The molecule has 0 aliphatic rings. The van der Waals surface area contributed by atoms with Crippen LogP contribution in [0, 0.1) is 0 Å². The molecule has 1 aromatic rings. The summed E-state index contributed by atoms with van der Waals surface area (Å²) in [7, 11) is 0. The van der Waals surface area contributed by atoms with Gasteiger partial charge in [0.15, 0.2) is 5.75 Å². The number of hydrogen-bond acceptors (Lipinski definition) is 4. The number of rotatable bonds is 8. The molecule has 1 heterocycles. The summed E-state index contributed by atoms with van der Waals surface area (Å²) in [4.78, 5) is 13.8. The molecule has 0 fully saturated rings. The Bertz CT molecular complexity index is 437. The van der Waals surface area contributed by atoms with E-state index in [9.17, 15) is 9.90 Å². The molecular weight excluding hydrogens is 244 g/mol. The first-order chi connectivity index (χ1) is 9.12. The lowest BCUT2D eigenvalue weighted by molar-refractivity contribution is 0.245. The van der Waals surface area contributed by atoms with Gasteiger partial charge in [0.05, 0.1) is 12.8 Å². The van der Waals surface area contributed by atoms with Crippen LogP contribution in [-0.2, 0) is 13.1 Å². The largest absolute Gasteiger partial charge is 0.503 e. The summed E-state index contributed by atoms with van der Waals surface area (Å²) in [5, 5.41) is 18.5. The molecule has 108 valence electrons. The molecule has 0 unspecified atom stereocenters. The zero-order valence-electron chi connectivity index (χ0n) is 11.8. The summed E-state index contributed by atoms with van der Waals surface area (Å²) >= 11 is 0. The second-order valence-electron chi connectivity index (χ2n) is 4.71. The predicted octanol–water partition coefficient (Wildman–Crippen LogP) is 1.17. The summed E-state index contributed by atoms with van der Waals surface area (Å²) < 4.78 is 1.75. The van der Waals surface area contributed by atoms with Crippen LogP contribution in [0.25, 0.3) is 0 Å². The van der Waals surface area contributed by atoms with Crippen LogP contribution in [0.5, 0.6) is 5.75 Å². The van der Waals surface area contributed by atoms with Crippen molar-refractivity contribution in [1.29, 1.82) is 0 Å². The van der Waals surface area contributed by atoms with Crippen molar-refractivity contribution in [2.45, 2.75) is 39.8 Å². The van der Waals surface area contributed by atoms with Gasteiger partial charge in [0.1, 0.15) is 0 Å². The second-order valence-corrected chi connectivity index (χ2v) is 4.71. The molecule has 0 spiro atoms. The molecule has 5 heteroatoms. The first kappa shape index (κ1) is 15.7. The van der Waals surface area contributed by atoms with Crippen LogP contribution in [0.4, 0.5) is 0 Å². The molecule has 0 saturated carbocycles. The van der Waals surface area contributed by atoms with Gasteiger partial charge in [0.2, 0.25) is 5.43 Å². The van der Waals surface area contributed by atoms with Crippen LogP contribution < -0.4 is 5.43 Å². The Morgan fingerprint density at radius 2 is 1.89 bits per heavy atom. The molecule has 0 saturated heterocycles. The van der Waals surface area contributed by atoms with E-state index in [1.165, 1.54) is 12.3 Å². The molecule has 19 heavy (non-hydrogen) atoms. The van der Waals surface area contributed by atoms with Crippen molar-refractivity contribution in [3.05, 3.63) is 28.2 Å². The summed E-state index contributed by atoms with van der Waals surface area (Å²) in [5.41, 5.74) is 0.468. The number of aromatic hydroxyl groups is 1. The summed E-state index contributed by atoms with van der Waals surface area (Å²) in [6.07, 6.45) is 3.52. The highest BCUT2D eigenvalue weighted by atomic mass is 16.3. The Morgan fingerprint density at radius 1 is 1.26 bits per heavy atom. The van der Waals surface area contributed by atoms with E-state index >= 15 is 0 Å². The van der Waals surface area contributed by atoms with Gasteiger partial charge in [-0.2, -0.15) is 0 Å². The topological polar surface area (TPSA) is 65.7 Å². The van der Waals surface area contributed by atoms with Crippen LogP contribution in [0.3, 0.4) is 0 Å². The van der Waals surface area contributed by atoms with Crippen LogP contribution in [0.2, 0.25) is 0 Å². The van der Waals surface area contributed by atoms with Gasteiger partial charge < -0.3 is 14.8 Å². The second kappa shape index (κ2) is 7.96. The van der Waals surface area contributed by atoms with Crippen molar-refractivity contribution in [2.75, 3.05) is 19.7 Å². The van der Waals surface area contributed by atoms with E-state index in [2.05, 4.69) is 18.7 Å².